The van der Waals surface area contributed by atoms with Crippen LogP contribution in [0.2, 0.25) is 5.02 Å². The molecule has 1 heterocycles. The van der Waals surface area contributed by atoms with E-state index in [0.717, 1.165) is 11.6 Å². The molecule has 104 valence electrons. The van der Waals surface area contributed by atoms with Crippen LogP contribution in [0, 0.1) is 5.82 Å². The lowest BCUT2D eigenvalue weighted by molar-refractivity contribution is 0.211. The van der Waals surface area contributed by atoms with Gasteiger partial charge in [0, 0.05) is 11.6 Å². The van der Waals surface area contributed by atoms with E-state index in [9.17, 15) is 12.8 Å². The third-order valence-corrected chi connectivity index (χ3v) is 3.57. The Labute approximate surface area is 115 Å². The Hall–Kier alpha value is -1.11. The van der Waals surface area contributed by atoms with Crippen molar-refractivity contribution in [3.05, 3.63) is 35.2 Å². The van der Waals surface area contributed by atoms with Crippen LogP contribution < -0.4 is 0 Å². The van der Waals surface area contributed by atoms with E-state index in [2.05, 4.69) is 0 Å². The molecule has 0 unspecified atom stereocenters. The van der Waals surface area contributed by atoms with Gasteiger partial charge in [-0.25, -0.2) is 4.39 Å². The Morgan fingerprint density at radius 3 is 2.79 bits per heavy atom. The summed E-state index contributed by atoms with van der Waals surface area (Å²) in [6, 6.07) is 4.64. The number of nitrogens with zero attached hydrogens (tertiary/aromatic N) is 1. The molecule has 0 aliphatic carbocycles. The van der Waals surface area contributed by atoms with Crippen molar-refractivity contribution in [3.63, 3.8) is 0 Å². The molecule has 7 heteroatoms. The monoisotopic (exact) mass is 305 g/mol. The van der Waals surface area contributed by atoms with E-state index in [0.29, 0.717) is 12.1 Å². The van der Waals surface area contributed by atoms with Crippen molar-refractivity contribution >= 4 is 32.6 Å². The quantitative estimate of drug-likeness (QED) is 0.816. The number of hydrogen-bond acceptors (Lipinski definition) is 3. The molecule has 0 aliphatic rings. The van der Waals surface area contributed by atoms with Gasteiger partial charge in [0.1, 0.15) is 5.82 Å². The maximum Gasteiger partial charge on any atom is 0.264 e. The molecule has 0 bridgehead atoms. The van der Waals surface area contributed by atoms with E-state index in [1.807, 2.05) is 0 Å². The molecule has 1 aromatic heterocycles. The van der Waals surface area contributed by atoms with E-state index in [-0.39, 0.29) is 5.02 Å². The fourth-order valence-electron chi connectivity index (χ4n) is 1.95. The first-order valence-electron chi connectivity index (χ1n) is 5.58. The minimum Gasteiger partial charge on any atom is -0.345 e. The molecule has 0 saturated heterocycles. The van der Waals surface area contributed by atoms with Crippen molar-refractivity contribution in [2.45, 2.75) is 19.6 Å². The van der Waals surface area contributed by atoms with E-state index in [4.69, 9.17) is 15.8 Å². The molecular weight excluding hydrogens is 293 g/mol. The van der Waals surface area contributed by atoms with Crippen LogP contribution in [0.4, 0.5) is 4.39 Å². The van der Waals surface area contributed by atoms with Gasteiger partial charge >= 0.3 is 0 Å². The van der Waals surface area contributed by atoms with Crippen LogP contribution in [0.1, 0.15) is 6.92 Å². The van der Waals surface area contributed by atoms with E-state index in [1.54, 1.807) is 23.8 Å². The van der Waals surface area contributed by atoms with Crippen molar-refractivity contribution < 1.29 is 17.0 Å². The van der Waals surface area contributed by atoms with Crippen LogP contribution in [-0.2, 0) is 20.8 Å². The van der Waals surface area contributed by atoms with Crippen LogP contribution in [-0.4, -0.2) is 25.3 Å². The summed E-state index contributed by atoms with van der Waals surface area (Å²) in [6.07, 6.45) is 2.20. The zero-order valence-corrected chi connectivity index (χ0v) is 12.0. The summed E-state index contributed by atoms with van der Waals surface area (Å²) in [6.45, 7) is 1.94. The molecule has 1 atom stereocenters. The zero-order chi connectivity index (χ0) is 14.2. The fourth-order valence-corrected chi connectivity index (χ4v) is 2.78. The van der Waals surface area contributed by atoms with Gasteiger partial charge in [-0.15, -0.1) is 0 Å². The standard InChI is InChI=1S/C12H13ClFNO3S/c1-8(18-19(2,16)17)7-15-4-3-9-5-10(13)11(14)6-12(9)15/h3-6,8H,7H2,1-2H3/t8-/m0/s1. The topological polar surface area (TPSA) is 48.3 Å². The van der Waals surface area contributed by atoms with Crippen molar-refractivity contribution in [1.29, 1.82) is 0 Å². The van der Waals surface area contributed by atoms with Gasteiger partial charge in [-0.2, -0.15) is 8.42 Å². The van der Waals surface area contributed by atoms with Gasteiger partial charge in [0.25, 0.3) is 10.1 Å². The lowest BCUT2D eigenvalue weighted by Gasteiger charge is -2.13. The molecule has 1 aromatic carbocycles. The number of halogens is 2. The predicted octanol–water partition coefficient (Wildman–Crippen LogP) is 2.80. The smallest absolute Gasteiger partial charge is 0.264 e. The summed E-state index contributed by atoms with van der Waals surface area (Å²) in [4.78, 5) is 0. The fraction of sp³-hybridized carbons (Fsp3) is 0.333. The molecule has 0 aliphatic heterocycles. The van der Waals surface area contributed by atoms with Crippen LogP contribution in [0.15, 0.2) is 24.4 Å². The molecule has 2 rings (SSSR count). The molecule has 0 saturated carbocycles. The highest BCUT2D eigenvalue weighted by Crippen LogP contribution is 2.24. The number of fused-ring (bicyclic) bond motifs is 1. The Kier molecular flexibility index (Phi) is 3.85. The Balaban J connectivity index is 2.29. The van der Waals surface area contributed by atoms with Crippen molar-refractivity contribution in [2.75, 3.05) is 6.26 Å². The largest absolute Gasteiger partial charge is 0.345 e. The summed E-state index contributed by atoms with van der Waals surface area (Å²) in [5, 5.41) is 0.851. The number of benzene rings is 1. The van der Waals surface area contributed by atoms with Gasteiger partial charge in [0.05, 0.1) is 29.4 Å². The number of rotatable bonds is 4. The third-order valence-electron chi connectivity index (χ3n) is 2.61. The third kappa shape index (κ3) is 3.46. The highest BCUT2D eigenvalue weighted by atomic mass is 35.5. The molecule has 0 amide bonds. The molecule has 0 N–H and O–H groups in total. The summed E-state index contributed by atoms with van der Waals surface area (Å²) in [5.41, 5.74) is 0.644. The minimum absolute atomic E-state index is 0.0608. The summed E-state index contributed by atoms with van der Waals surface area (Å²) >= 11 is 5.70. The summed E-state index contributed by atoms with van der Waals surface area (Å²) in [7, 11) is -3.50. The maximum absolute atomic E-state index is 13.4. The van der Waals surface area contributed by atoms with Crippen LogP contribution >= 0.6 is 11.6 Å². The highest BCUT2D eigenvalue weighted by molar-refractivity contribution is 7.86. The van der Waals surface area contributed by atoms with Gasteiger partial charge in [0.2, 0.25) is 0 Å². The average Bonchev–Trinajstić information content (AvgIpc) is 2.59. The lowest BCUT2D eigenvalue weighted by Crippen LogP contribution is -2.19. The molecule has 19 heavy (non-hydrogen) atoms. The summed E-state index contributed by atoms with van der Waals surface area (Å²) < 4.78 is 42.1. The van der Waals surface area contributed by atoms with Crippen LogP contribution in [0.3, 0.4) is 0 Å². The number of hydrogen-bond donors (Lipinski definition) is 0. The first-order chi connectivity index (χ1) is 8.76. The Morgan fingerprint density at radius 1 is 1.47 bits per heavy atom. The lowest BCUT2D eigenvalue weighted by atomic mass is 10.2. The van der Waals surface area contributed by atoms with E-state index >= 15 is 0 Å². The van der Waals surface area contributed by atoms with Gasteiger partial charge < -0.3 is 4.57 Å². The average molecular weight is 306 g/mol. The van der Waals surface area contributed by atoms with Gasteiger partial charge in [-0.1, -0.05) is 11.6 Å². The first kappa shape index (κ1) is 14.3. The normalized spacial score (nSPS) is 13.9. The Bertz CT molecular complexity index is 711. The van der Waals surface area contributed by atoms with Crippen LogP contribution in [0.5, 0.6) is 0 Å². The van der Waals surface area contributed by atoms with Crippen molar-refractivity contribution in [3.8, 4) is 0 Å². The molecular formula is C12H13ClFNO3S. The van der Waals surface area contributed by atoms with Crippen molar-refractivity contribution in [2.24, 2.45) is 0 Å². The second-order valence-electron chi connectivity index (χ2n) is 4.40. The first-order valence-corrected chi connectivity index (χ1v) is 7.78. The van der Waals surface area contributed by atoms with Gasteiger partial charge in [0.15, 0.2) is 0 Å². The molecule has 0 spiro atoms. The summed E-state index contributed by atoms with van der Waals surface area (Å²) in [5.74, 6) is -0.509. The van der Waals surface area contributed by atoms with Gasteiger partial charge in [-0.3, -0.25) is 4.18 Å². The van der Waals surface area contributed by atoms with Crippen molar-refractivity contribution in [1.82, 2.24) is 4.57 Å². The van der Waals surface area contributed by atoms with Crippen LogP contribution in [0.25, 0.3) is 10.9 Å². The second kappa shape index (κ2) is 5.11. The van der Waals surface area contributed by atoms with E-state index in [1.165, 1.54) is 12.1 Å². The predicted molar refractivity (Wildman–Crippen MR) is 72.3 cm³/mol. The van der Waals surface area contributed by atoms with E-state index < -0.39 is 22.0 Å². The molecule has 2 aromatic rings. The van der Waals surface area contributed by atoms with Gasteiger partial charge in [-0.05, 0) is 25.1 Å². The Morgan fingerprint density at radius 2 is 2.16 bits per heavy atom. The molecule has 0 radical (unpaired) electrons. The SMILES string of the molecule is C[C@@H](Cn1ccc2cc(Cl)c(F)cc21)OS(C)(=O)=O. The minimum atomic E-state index is -3.50. The second-order valence-corrected chi connectivity index (χ2v) is 6.41. The maximum atomic E-state index is 13.4. The molecule has 4 nitrogen and oxygen atoms in total. The zero-order valence-electron chi connectivity index (χ0n) is 10.4. The number of aromatic nitrogens is 1. The molecule has 0 fully saturated rings. The highest BCUT2D eigenvalue weighted by Gasteiger charge is 2.13.